The van der Waals surface area contributed by atoms with Gasteiger partial charge >= 0.3 is 11.9 Å². The first-order valence-corrected chi connectivity index (χ1v) is 8.08. The number of esters is 2. The smallest absolute Gasteiger partial charge is 0.332 e. The average Bonchev–Trinajstić information content (AvgIpc) is 2.75. The highest BCUT2D eigenvalue weighted by Crippen LogP contribution is 2.51. The van der Waals surface area contributed by atoms with Crippen molar-refractivity contribution in [2.24, 2.45) is 17.8 Å². The van der Waals surface area contributed by atoms with Crippen LogP contribution < -0.4 is 0 Å². The molecule has 0 aromatic rings. The Labute approximate surface area is 128 Å². The highest BCUT2D eigenvalue weighted by Gasteiger charge is 2.55. The number of carbonyl (C=O) groups is 3. The molecule has 116 valence electrons. The lowest BCUT2D eigenvalue weighted by atomic mass is 9.66. The minimum atomic E-state index is -0.885. The van der Waals surface area contributed by atoms with Crippen molar-refractivity contribution in [3.63, 3.8) is 0 Å². The lowest BCUT2D eigenvalue weighted by molar-refractivity contribution is -0.163. The van der Waals surface area contributed by atoms with Crippen molar-refractivity contribution in [1.29, 1.82) is 0 Å². The molecule has 2 rings (SSSR count). The van der Waals surface area contributed by atoms with Crippen LogP contribution in [0.5, 0.6) is 0 Å². The Kier molecular flexibility index (Phi) is 4.76. The molecule has 0 unspecified atom stereocenters. The molecule has 0 aromatic carbocycles. The summed E-state index contributed by atoms with van der Waals surface area (Å²) >= 11 is 1.52. The molecule has 1 fully saturated rings. The average molecular weight is 312 g/mol. The van der Waals surface area contributed by atoms with E-state index in [4.69, 9.17) is 9.47 Å². The molecule has 1 aliphatic heterocycles. The van der Waals surface area contributed by atoms with Gasteiger partial charge in [0.05, 0.1) is 18.9 Å². The topological polar surface area (TPSA) is 69.7 Å². The summed E-state index contributed by atoms with van der Waals surface area (Å²) < 4.78 is 10.4. The van der Waals surface area contributed by atoms with Crippen LogP contribution >= 0.6 is 11.8 Å². The van der Waals surface area contributed by atoms with Crippen LogP contribution in [0.4, 0.5) is 0 Å². The molecule has 1 aliphatic carbocycles. The van der Waals surface area contributed by atoms with Gasteiger partial charge in [0, 0.05) is 11.0 Å². The summed E-state index contributed by atoms with van der Waals surface area (Å²) in [7, 11) is 1.35. The van der Waals surface area contributed by atoms with E-state index in [1.165, 1.54) is 24.9 Å². The lowest BCUT2D eigenvalue weighted by Gasteiger charge is -2.44. The minimum Gasteiger partial charge on any atom is -0.469 e. The van der Waals surface area contributed by atoms with E-state index in [0.717, 1.165) is 16.9 Å². The van der Waals surface area contributed by atoms with Crippen molar-refractivity contribution >= 4 is 30.0 Å². The molecular weight excluding hydrogens is 292 g/mol. The zero-order chi connectivity index (χ0) is 15.6. The Morgan fingerprint density at radius 1 is 1.62 bits per heavy atom. The maximum atomic E-state index is 11.8. The Morgan fingerprint density at radius 3 is 2.90 bits per heavy atom. The Hall–Kier alpha value is -1.30. The Bertz CT molecular complexity index is 486. The van der Waals surface area contributed by atoms with Crippen molar-refractivity contribution < 1.29 is 23.9 Å². The first kappa shape index (κ1) is 16.1. The van der Waals surface area contributed by atoms with Crippen LogP contribution in [0.25, 0.3) is 0 Å². The molecule has 2 aliphatic rings. The third-order valence-electron chi connectivity index (χ3n) is 4.34. The van der Waals surface area contributed by atoms with Gasteiger partial charge in [-0.05, 0) is 24.5 Å². The molecule has 1 heterocycles. The lowest BCUT2D eigenvalue weighted by Crippen LogP contribution is -2.50. The number of aldehydes is 1. The molecule has 6 heteroatoms. The SMILES string of the molecule is CCSC1=CC(=O)O[C@]12C[C@@H](C)[C@H](C(=O)OC)C[C@H]2C=O. The fourth-order valence-corrected chi connectivity index (χ4v) is 4.33. The second-order valence-electron chi connectivity index (χ2n) is 5.54. The first-order chi connectivity index (χ1) is 9.98. The van der Waals surface area contributed by atoms with E-state index in [1.54, 1.807) is 0 Å². The fourth-order valence-electron chi connectivity index (χ4n) is 3.32. The maximum absolute atomic E-state index is 11.8. The van der Waals surface area contributed by atoms with E-state index in [9.17, 15) is 14.4 Å². The Balaban J connectivity index is 2.32. The van der Waals surface area contributed by atoms with E-state index in [0.29, 0.717) is 12.8 Å². The van der Waals surface area contributed by atoms with Crippen LogP contribution in [0, 0.1) is 17.8 Å². The minimum absolute atomic E-state index is 0.0135. The molecule has 21 heavy (non-hydrogen) atoms. The normalized spacial score (nSPS) is 35.3. The summed E-state index contributed by atoms with van der Waals surface area (Å²) in [5, 5.41) is 0. The van der Waals surface area contributed by atoms with Gasteiger partial charge in [0.1, 0.15) is 6.29 Å². The molecule has 1 spiro atoms. The summed E-state index contributed by atoms with van der Waals surface area (Å²) in [6, 6.07) is 0. The van der Waals surface area contributed by atoms with Gasteiger partial charge in [-0.25, -0.2) is 4.79 Å². The summed E-state index contributed by atoms with van der Waals surface area (Å²) in [5.74, 6) is -0.758. The van der Waals surface area contributed by atoms with E-state index >= 15 is 0 Å². The van der Waals surface area contributed by atoms with Gasteiger partial charge in [0.2, 0.25) is 0 Å². The predicted molar refractivity (Wildman–Crippen MR) is 78.5 cm³/mol. The molecule has 0 bridgehead atoms. The number of thioether (sulfide) groups is 1. The van der Waals surface area contributed by atoms with Gasteiger partial charge < -0.3 is 14.3 Å². The highest BCUT2D eigenvalue weighted by atomic mass is 32.2. The third kappa shape index (κ3) is 2.73. The van der Waals surface area contributed by atoms with Crippen molar-refractivity contribution in [1.82, 2.24) is 0 Å². The van der Waals surface area contributed by atoms with Gasteiger partial charge in [-0.1, -0.05) is 13.8 Å². The fraction of sp³-hybridized carbons (Fsp3) is 0.667. The van der Waals surface area contributed by atoms with Crippen LogP contribution in [-0.2, 0) is 23.9 Å². The molecule has 1 saturated carbocycles. The summed E-state index contributed by atoms with van der Waals surface area (Å²) in [6.07, 6.45) is 3.12. The molecular formula is C15H20O5S. The second kappa shape index (κ2) is 6.22. The molecule has 5 nitrogen and oxygen atoms in total. The van der Waals surface area contributed by atoms with Crippen LogP contribution in [0.15, 0.2) is 11.0 Å². The van der Waals surface area contributed by atoms with Gasteiger partial charge in [-0.3, -0.25) is 4.79 Å². The molecule has 0 amide bonds. The summed E-state index contributed by atoms with van der Waals surface area (Å²) in [6.45, 7) is 3.92. The third-order valence-corrected chi connectivity index (χ3v) is 5.40. The van der Waals surface area contributed by atoms with E-state index in [2.05, 4.69) is 0 Å². The van der Waals surface area contributed by atoms with E-state index in [1.807, 2.05) is 13.8 Å². The maximum Gasteiger partial charge on any atom is 0.332 e. The van der Waals surface area contributed by atoms with Gasteiger partial charge in [0.25, 0.3) is 0 Å². The van der Waals surface area contributed by atoms with Gasteiger partial charge in [-0.2, -0.15) is 0 Å². The number of hydrogen-bond donors (Lipinski definition) is 0. The predicted octanol–water partition coefficient (Wildman–Crippen LogP) is 1.95. The zero-order valence-corrected chi connectivity index (χ0v) is 13.3. The quantitative estimate of drug-likeness (QED) is 0.584. The molecule has 0 N–H and O–H groups in total. The number of carbonyl (C=O) groups excluding carboxylic acids is 3. The molecule has 0 saturated heterocycles. The molecule has 0 radical (unpaired) electrons. The number of rotatable bonds is 4. The molecule has 4 atom stereocenters. The van der Waals surface area contributed by atoms with Gasteiger partial charge in [0.15, 0.2) is 5.60 Å². The number of ether oxygens (including phenoxy) is 2. The standard InChI is InChI=1S/C15H20O5S/c1-4-21-12-6-13(17)20-15(12)7-9(2)11(14(18)19-3)5-10(15)8-16/h6,8-11H,4-5,7H2,1-3H3/t9-,10+,11-,15+/m1/s1. The van der Waals surface area contributed by atoms with Crippen LogP contribution in [-0.4, -0.2) is 36.7 Å². The largest absolute Gasteiger partial charge is 0.469 e. The van der Waals surface area contributed by atoms with Crippen molar-refractivity contribution in [2.45, 2.75) is 32.3 Å². The second-order valence-corrected chi connectivity index (χ2v) is 6.85. The Morgan fingerprint density at radius 2 is 2.33 bits per heavy atom. The van der Waals surface area contributed by atoms with Crippen molar-refractivity contribution in [3.8, 4) is 0 Å². The monoisotopic (exact) mass is 312 g/mol. The molecule has 0 aromatic heterocycles. The highest BCUT2D eigenvalue weighted by molar-refractivity contribution is 8.03. The first-order valence-electron chi connectivity index (χ1n) is 7.09. The zero-order valence-electron chi connectivity index (χ0n) is 12.5. The number of methoxy groups -OCH3 is 1. The van der Waals surface area contributed by atoms with Crippen LogP contribution in [0.1, 0.15) is 26.7 Å². The van der Waals surface area contributed by atoms with E-state index < -0.39 is 17.5 Å². The summed E-state index contributed by atoms with van der Waals surface area (Å²) in [4.78, 5) is 35.9. The summed E-state index contributed by atoms with van der Waals surface area (Å²) in [5.41, 5.74) is -0.885. The van der Waals surface area contributed by atoms with Crippen molar-refractivity contribution in [2.75, 3.05) is 12.9 Å². The van der Waals surface area contributed by atoms with E-state index in [-0.39, 0.29) is 17.8 Å². The van der Waals surface area contributed by atoms with Crippen LogP contribution in [0.3, 0.4) is 0 Å². The van der Waals surface area contributed by atoms with Gasteiger partial charge in [-0.15, -0.1) is 11.8 Å². The number of hydrogen-bond acceptors (Lipinski definition) is 6. The van der Waals surface area contributed by atoms with Crippen molar-refractivity contribution in [3.05, 3.63) is 11.0 Å². The van der Waals surface area contributed by atoms with Crippen LogP contribution in [0.2, 0.25) is 0 Å².